The number of amides is 2. The fourth-order valence-corrected chi connectivity index (χ4v) is 5.02. The summed E-state index contributed by atoms with van der Waals surface area (Å²) >= 11 is 0. The van der Waals surface area contributed by atoms with Crippen molar-refractivity contribution in [2.75, 3.05) is 32.2 Å². The van der Waals surface area contributed by atoms with E-state index in [1.807, 2.05) is 60.7 Å². The lowest BCUT2D eigenvalue weighted by Crippen LogP contribution is -2.44. The molecule has 7 heteroatoms. The molecule has 0 radical (unpaired) electrons. The molecule has 32 heavy (non-hydrogen) atoms. The Labute approximate surface area is 186 Å². The van der Waals surface area contributed by atoms with Gasteiger partial charge in [-0.3, -0.25) is 9.59 Å². The Morgan fingerprint density at radius 1 is 1.09 bits per heavy atom. The van der Waals surface area contributed by atoms with Crippen LogP contribution in [-0.4, -0.2) is 50.8 Å². The molecule has 0 aliphatic carbocycles. The maximum atomic E-state index is 13.4. The summed E-state index contributed by atoms with van der Waals surface area (Å²) in [4.78, 5) is 28.2. The van der Waals surface area contributed by atoms with E-state index in [2.05, 4.69) is 5.32 Å². The van der Waals surface area contributed by atoms with Gasteiger partial charge in [0, 0.05) is 12.2 Å². The zero-order valence-electron chi connectivity index (χ0n) is 18.1. The molecule has 0 aromatic heterocycles. The summed E-state index contributed by atoms with van der Waals surface area (Å²) in [7, 11) is 3.24. The third-order valence-corrected chi connectivity index (χ3v) is 6.66. The quantitative estimate of drug-likeness (QED) is 0.677. The molecule has 3 aliphatic rings. The standard InChI is InChI=1S/C25H26N2O5/c1-30-18-7-3-16(4-8-18)12-14-26-23(28)21-20-11-13-25(32-20)15-27(24(29)22(21)25)17-5-9-19(31-2)10-6-17/h3-11,13,20-22H,12,14-15H2,1-2H3,(H,26,28)/t20-,21?,22?,25?/m0/s1. The third kappa shape index (κ3) is 3.33. The number of hydrogen-bond acceptors (Lipinski definition) is 5. The Bertz CT molecular complexity index is 1050. The number of anilines is 1. The second-order valence-electron chi connectivity index (χ2n) is 8.41. The van der Waals surface area contributed by atoms with Gasteiger partial charge in [0.2, 0.25) is 11.8 Å². The minimum absolute atomic E-state index is 0.0719. The summed E-state index contributed by atoms with van der Waals surface area (Å²) in [5.41, 5.74) is 1.15. The van der Waals surface area contributed by atoms with Crippen molar-refractivity contribution in [1.29, 1.82) is 0 Å². The molecule has 2 amide bonds. The van der Waals surface area contributed by atoms with E-state index in [1.165, 1.54) is 0 Å². The second kappa shape index (κ2) is 7.98. The lowest BCUT2D eigenvalue weighted by atomic mass is 9.77. The highest BCUT2D eigenvalue weighted by atomic mass is 16.5. The molecule has 166 valence electrons. The Kier molecular flexibility index (Phi) is 5.13. The smallest absolute Gasteiger partial charge is 0.234 e. The molecule has 2 aromatic rings. The van der Waals surface area contributed by atoms with Crippen LogP contribution in [0.4, 0.5) is 5.69 Å². The van der Waals surface area contributed by atoms with E-state index in [-0.39, 0.29) is 17.9 Å². The van der Waals surface area contributed by atoms with E-state index in [9.17, 15) is 9.59 Å². The Morgan fingerprint density at radius 3 is 2.41 bits per heavy atom. The van der Waals surface area contributed by atoms with Gasteiger partial charge in [-0.15, -0.1) is 0 Å². The average molecular weight is 434 g/mol. The molecule has 2 saturated heterocycles. The van der Waals surface area contributed by atoms with Crippen molar-refractivity contribution in [2.45, 2.75) is 18.1 Å². The van der Waals surface area contributed by atoms with Gasteiger partial charge in [0.25, 0.3) is 0 Å². The summed E-state index contributed by atoms with van der Waals surface area (Å²) in [6, 6.07) is 15.1. The van der Waals surface area contributed by atoms with Crippen molar-refractivity contribution in [1.82, 2.24) is 5.32 Å². The minimum atomic E-state index is -0.736. The minimum Gasteiger partial charge on any atom is -0.497 e. The number of carbonyl (C=O) groups excluding carboxylic acids is 2. The number of carbonyl (C=O) groups is 2. The van der Waals surface area contributed by atoms with Gasteiger partial charge >= 0.3 is 0 Å². The number of ether oxygens (including phenoxy) is 3. The van der Waals surface area contributed by atoms with Gasteiger partial charge < -0.3 is 24.4 Å². The van der Waals surface area contributed by atoms with E-state index in [0.29, 0.717) is 19.5 Å². The molecule has 2 fully saturated rings. The molecule has 0 saturated carbocycles. The Morgan fingerprint density at radius 2 is 1.75 bits per heavy atom. The molecule has 1 spiro atoms. The van der Waals surface area contributed by atoms with Crippen LogP contribution in [0.1, 0.15) is 5.56 Å². The topological polar surface area (TPSA) is 77.1 Å². The van der Waals surface area contributed by atoms with Crippen LogP contribution >= 0.6 is 0 Å². The van der Waals surface area contributed by atoms with Crippen molar-refractivity contribution < 1.29 is 23.8 Å². The first kappa shape index (κ1) is 20.6. The van der Waals surface area contributed by atoms with Crippen molar-refractivity contribution in [3.05, 3.63) is 66.2 Å². The van der Waals surface area contributed by atoms with Crippen LogP contribution in [0.5, 0.6) is 11.5 Å². The zero-order valence-corrected chi connectivity index (χ0v) is 18.1. The summed E-state index contributed by atoms with van der Waals surface area (Å²) in [6.07, 6.45) is 4.23. The van der Waals surface area contributed by atoms with Gasteiger partial charge in [-0.2, -0.15) is 0 Å². The number of methoxy groups -OCH3 is 2. The van der Waals surface area contributed by atoms with Gasteiger partial charge in [0.15, 0.2) is 0 Å². The van der Waals surface area contributed by atoms with Gasteiger partial charge in [0.05, 0.1) is 38.7 Å². The normalized spacial score (nSPS) is 27.5. The lowest BCUT2D eigenvalue weighted by Gasteiger charge is -2.23. The summed E-state index contributed by atoms with van der Waals surface area (Å²) in [6.45, 7) is 0.902. The highest BCUT2D eigenvalue weighted by molar-refractivity contribution is 6.03. The monoisotopic (exact) mass is 434 g/mol. The number of nitrogens with zero attached hydrogens (tertiary/aromatic N) is 1. The van der Waals surface area contributed by atoms with Gasteiger partial charge in [-0.25, -0.2) is 0 Å². The van der Waals surface area contributed by atoms with Crippen LogP contribution in [0, 0.1) is 11.8 Å². The second-order valence-corrected chi connectivity index (χ2v) is 8.41. The van der Waals surface area contributed by atoms with Crippen LogP contribution in [-0.2, 0) is 20.7 Å². The zero-order chi connectivity index (χ0) is 22.3. The molecule has 3 heterocycles. The molecule has 1 N–H and O–H groups in total. The first-order valence-corrected chi connectivity index (χ1v) is 10.8. The molecule has 2 bridgehead atoms. The highest BCUT2D eigenvalue weighted by Crippen LogP contribution is 2.52. The molecule has 7 nitrogen and oxygen atoms in total. The average Bonchev–Trinajstić information content (AvgIpc) is 3.48. The van der Waals surface area contributed by atoms with E-state index >= 15 is 0 Å². The largest absolute Gasteiger partial charge is 0.497 e. The van der Waals surface area contributed by atoms with E-state index in [4.69, 9.17) is 14.2 Å². The number of nitrogens with one attached hydrogen (secondary N) is 1. The van der Waals surface area contributed by atoms with E-state index in [0.717, 1.165) is 22.7 Å². The van der Waals surface area contributed by atoms with E-state index in [1.54, 1.807) is 19.1 Å². The van der Waals surface area contributed by atoms with Crippen LogP contribution in [0.25, 0.3) is 0 Å². The van der Waals surface area contributed by atoms with Gasteiger partial charge in [0.1, 0.15) is 17.1 Å². The predicted molar refractivity (Wildman–Crippen MR) is 119 cm³/mol. The van der Waals surface area contributed by atoms with Crippen molar-refractivity contribution in [3.63, 3.8) is 0 Å². The SMILES string of the molecule is COc1ccc(CCNC(=O)C2C3C(=O)N(c4ccc(OC)cc4)CC34C=C[C@@H]2O4)cc1. The van der Waals surface area contributed by atoms with Crippen LogP contribution in [0.2, 0.25) is 0 Å². The first-order chi connectivity index (χ1) is 15.5. The summed E-state index contributed by atoms with van der Waals surface area (Å²) in [5, 5.41) is 3.01. The van der Waals surface area contributed by atoms with Crippen LogP contribution < -0.4 is 19.7 Å². The van der Waals surface area contributed by atoms with Gasteiger partial charge in [-0.05, 0) is 48.4 Å². The molecule has 3 aliphatic heterocycles. The van der Waals surface area contributed by atoms with Crippen molar-refractivity contribution >= 4 is 17.5 Å². The summed E-state index contributed by atoms with van der Waals surface area (Å²) < 4.78 is 16.6. The maximum Gasteiger partial charge on any atom is 0.234 e. The lowest BCUT2D eigenvalue weighted by molar-refractivity contribution is -0.131. The van der Waals surface area contributed by atoms with Crippen molar-refractivity contribution in [3.8, 4) is 11.5 Å². The Balaban J connectivity index is 1.27. The number of rotatable bonds is 7. The number of hydrogen-bond donors (Lipinski definition) is 1. The first-order valence-electron chi connectivity index (χ1n) is 10.8. The van der Waals surface area contributed by atoms with Crippen LogP contribution in [0.3, 0.4) is 0 Å². The Hall–Kier alpha value is -3.32. The maximum absolute atomic E-state index is 13.4. The van der Waals surface area contributed by atoms with Crippen molar-refractivity contribution in [2.24, 2.45) is 11.8 Å². The third-order valence-electron chi connectivity index (χ3n) is 6.66. The number of fused-ring (bicyclic) bond motifs is 1. The van der Waals surface area contributed by atoms with E-state index < -0.39 is 17.4 Å². The molecular formula is C25H26N2O5. The molecule has 3 unspecified atom stereocenters. The number of benzene rings is 2. The fraction of sp³-hybridized carbons (Fsp3) is 0.360. The predicted octanol–water partition coefficient (Wildman–Crippen LogP) is 2.35. The molecule has 2 aromatic carbocycles. The van der Waals surface area contributed by atoms with Crippen LogP contribution in [0.15, 0.2) is 60.7 Å². The fourth-order valence-electron chi connectivity index (χ4n) is 5.02. The molecular weight excluding hydrogens is 408 g/mol. The molecule has 5 rings (SSSR count). The summed E-state index contributed by atoms with van der Waals surface area (Å²) in [5.74, 6) is 0.286. The van der Waals surface area contributed by atoms with Gasteiger partial charge in [-0.1, -0.05) is 24.3 Å². The molecule has 4 atom stereocenters. The highest BCUT2D eigenvalue weighted by Gasteiger charge is 2.67.